The molecule has 4 nitrogen and oxygen atoms in total. The number of pyridine rings is 1. The number of hydrogen-bond acceptors (Lipinski definition) is 4. The van der Waals surface area contributed by atoms with E-state index in [0.717, 1.165) is 24.2 Å². The molecule has 0 aliphatic rings. The van der Waals surface area contributed by atoms with Gasteiger partial charge in [0.15, 0.2) is 0 Å². The van der Waals surface area contributed by atoms with Gasteiger partial charge in [0.05, 0.1) is 18.7 Å². The molecule has 1 aromatic heterocycles. The minimum atomic E-state index is 0.622. The summed E-state index contributed by atoms with van der Waals surface area (Å²) in [6.07, 6.45) is 1.80. The predicted molar refractivity (Wildman–Crippen MR) is 77.2 cm³/mol. The van der Waals surface area contributed by atoms with Gasteiger partial charge in [0, 0.05) is 25.4 Å². The Bertz CT molecular complexity index is 615. The van der Waals surface area contributed by atoms with Gasteiger partial charge >= 0.3 is 0 Å². The molecule has 0 aliphatic heterocycles. The third-order valence-electron chi connectivity index (χ3n) is 3.12. The van der Waals surface area contributed by atoms with E-state index in [9.17, 15) is 0 Å². The monoisotopic (exact) mass is 267 g/mol. The minimum absolute atomic E-state index is 0.622. The van der Waals surface area contributed by atoms with Gasteiger partial charge < -0.3 is 10.1 Å². The quantitative estimate of drug-likeness (QED) is 0.904. The number of nitrogens with zero attached hydrogens (tertiary/aromatic N) is 2. The second kappa shape index (κ2) is 6.69. The van der Waals surface area contributed by atoms with Gasteiger partial charge in [0.25, 0.3) is 0 Å². The summed E-state index contributed by atoms with van der Waals surface area (Å²) in [6.45, 7) is 3.53. The van der Waals surface area contributed by atoms with Gasteiger partial charge in [-0.2, -0.15) is 5.26 Å². The largest absolute Gasteiger partial charge is 0.481 e. The molecule has 0 aliphatic carbocycles. The lowest BCUT2D eigenvalue weighted by Crippen LogP contribution is -2.13. The molecule has 0 bridgehead atoms. The summed E-state index contributed by atoms with van der Waals surface area (Å²) in [5, 5.41) is 12.2. The van der Waals surface area contributed by atoms with Crippen LogP contribution in [0.1, 0.15) is 22.3 Å². The van der Waals surface area contributed by atoms with Crippen molar-refractivity contribution in [2.24, 2.45) is 0 Å². The predicted octanol–water partition coefficient (Wildman–Crippen LogP) is 2.56. The van der Waals surface area contributed by atoms with Crippen LogP contribution in [0, 0.1) is 18.3 Å². The van der Waals surface area contributed by atoms with Crippen LogP contribution in [0.5, 0.6) is 5.88 Å². The van der Waals surface area contributed by atoms with Crippen LogP contribution < -0.4 is 10.1 Å². The Kier molecular flexibility index (Phi) is 4.70. The Hall–Kier alpha value is -2.38. The molecule has 2 rings (SSSR count). The first-order valence-electron chi connectivity index (χ1n) is 6.42. The molecule has 0 unspecified atom stereocenters. The molecule has 1 N–H and O–H groups in total. The van der Waals surface area contributed by atoms with E-state index in [0.29, 0.717) is 11.4 Å². The van der Waals surface area contributed by atoms with Gasteiger partial charge in [0.1, 0.15) is 0 Å². The zero-order valence-electron chi connectivity index (χ0n) is 11.7. The molecule has 4 heteroatoms. The molecule has 0 saturated heterocycles. The molecular weight excluding hydrogens is 250 g/mol. The minimum Gasteiger partial charge on any atom is -0.481 e. The maximum absolute atomic E-state index is 8.84. The van der Waals surface area contributed by atoms with Gasteiger partial charge in [-0.25, -0.2) is 4.98 Å². The molecule has 2 aromatic rings. The van der Waals surface area contributed by atoms with E-state index in [1.807, 2.05) is 37.3 Å². The molecule has 20 heavy (non-hydrogen) atoms. The highest BCUT2D eigenvalue weighted by Crippen LogP contribution is 2.11. The standard InChI is InChI=1S/C16H17N3O/c1-12-7-13(8-17)3-5-15(12)11-18-9-14-4-6-16(20-2)19-10-14/h3-7,10,18H,9,11H2,1-2H3. The summed E-state index contributed by atoms with van der Waals surface area (Å²) in [7, 11) is 1.61. The fourth-order valence-corrected chi connectivity index (χ4v) is 1.94. The van der Waals surface area contributed by atoms with Gasteiger partial charge in [-0.15, -0.1) is 0 Å². The molecule has 0 radical (unpaired) electrons. The van der Waals surface area contributed by atoms with Gasteiger partial charge in [0.2, 0.25) is 5.88 Å². The van der Waals surface area contributed by atoms with E-state index in [1.165, 1.54) is 5.56 Å². The second-order valence-electron chi connectivity index (χ2n) is 4.57. The van der Waals surface area contributed by atoms with Crippen molar-refractivity contribution in [2.45, 2.75) is 20.0 Å². The normalized spacial score (nSPS) is 10.1. The van der Waals surface area contributed by atoms with Crippen molar-refractivity contribution >= 4 is 0 Å². The lowest BCUT2D eigenvalue weighted by atomic mass is 10.1. The molecule has 0 spiro atoms. The first-order valence-corrected chi connectivity index (χ1v) is 6.42. The summed E-state index contributed by atoms with van der Waals surface area (Å²) < 4.78 is 5.02. The maximum Gasteiger partial charge on any atom is 0.212 e. The van der Waals surface area contributed by atoms with Crippen molar-refractivity contribution in [2.75, 3.05) is 7.11 Å². The third-order valence-corrected chi connectivity index (χ3v) is 3.12. The first-order chi connectivity index (χ1) is 9.72. The number of hydrogen-bond donors (Lipinski definition) is 1. The van der Waals surface area contributed by atoms with Crippen molar-refractivity contribution < 1.29 is 4.74 Å². The van der Waals surface area contributed by atoms with Gasteiger partial charge in [-0.3, -0.25) is 0 Å². The number of nitriles is 1. The highest BCUT2D eigenvalue weighted by Gasteiger charge is 2.00. The number of ether oxygens (including phenoxy) is 1. The smallest absolute Gasteiger partial charge is 0.212 e. The van der Waals surface area contributed by atoms with Crippen LogP contribution in [0.15, 0.2) is 36.5 Å². The summed E-state index contributed by atoms with van der Waals surface area (Å²) in [5.74, 6) is 0.622. The molecule has 0 fully saturated rings. The Morgan fingerprint density at radius 2 is 2.10 bits per heavy atom. The van der Waals surface area contributed by atoms with E-state index < -0.39 is 0 Å². The van der Waals surface area contributed by atoms with Crippen molar-refractivity contribution in [1.82, 2.24) is 10.3 Å². The average Bonchev–Trinajstić information content (AvgIpc) is 2.49. The van der Waals surface area contributed by atoms with E-state index in [-0.39, 0.29) is 0 Å². The Labute approximate surface area is 119 Å². The Balaban J connectivity index is 1.91. The van der Waals surface area contributed by atoms with Gasteiger partial charge in [-0.1, -0.05) is 12.1 Å². The van der Waals surface area contributed by atoms with Crippen LogP contribution in [-0.2, 0) is 13.1 Å². The topological polar surface area (TPSA) is 57.9 Å². The SMILES string of the molecule is COc1ccc(CNCc2ccc(C#N)cc2C)cn1. The van der Waals surface area contributed by atoms with Crippen LogP contribution in [0.2, 0.25) is 0 Å². The van der Waals surface area contributed by atoms with Crippen molar-refractivity contribution in [1.29, 1.82) is 5.26 Å². The van der Waals surface area contributed by atoms with Crippen molar-refractivity contribution in [3.8, 4) is 11.9 Å². The van der Waals surface area contributed by atoms with E-state index in [4.69, 9.17) is 10.00 Å². The highest BCUT2D eigenvalue weighted by molar-refractivity contribution is 5.37. The number of aromatic nitrogens is 1. The lowest BCUT2D eigenvalue weighted by molar-refractivity contribution is 0.397. The maximum atomic E-state index is 8.84. The Morgan fingerprint density at radius 1 is 1.25 bits per heavy atom. The average molecular weight is 267 g/mol. The lowest BCUT2D eigenvalue weighted by Gasteiger charge is -2.08. The Morgan fingerprint density at radius 3 is 2.70 bits per heavy atom. The summed E-state index contributed by atoms with van der Waals surface area (Å²) >= 11 is 0. The number of benzene rings is 1. The fraction of sp³-hybridized carbons (Fsp3) is 0.250. The van der Waals surface area contributed by atoms with Crippen LogP contribution in [0.4, 0.5) is 0 Å². The highest BCUT2D eigenvalue weighted by atomic mass is 16.5. The molecular formula is C16H17N3O. The number of nitrogens with one attached hydrogen (secondary N) is 1. The van der Waals surface area contributed by atoms with E-state index in [1.54, 1.807) is 13.3 Å². The summed E-state index contributed by atoms with van der Waals surface area (Å²) in [5.41, 5.74) is 4.14. The third kappa shape index (κ3) is 3.56. The van der Waals surface area contributed by atoms with E-state index in [2.05, 4.69) is 16.4 Å². The van der Waals surface area contributed by atoms with Crippen LogP contribution in [0.3, 0.4) is 0 Å². The van der Waals surface area contributed by atoms with E-state index >= 15 is 0 Å². The number of methoxy groups -OCH3 is 1. The van der Waals surface area contributed by atoms with Crippen molar-refractivity contribution in [3.63, 3.8) is 0 Å². The van der Waals surface area contributed by atoms with Crippen LogP contribution >= 0.6 is 0 Å². The zero-order chi connectivity index (χ0) is 14.4. The number of rotatable bonds is 5. The van der Waals surface area contributed by atoms with Crippen LogP contribution in [0.25, 0.3) is 0 Å². The summed E-state index contributed by atoms with van der Waals surface area (Å²) in [6, 6.07) is 11.7. The summed E-state index contributed by atoms with van der Waals surface area (Å²) in [4.78, 5) is 4.16. The molecule has 0 amide bonds. The molecule has 1 heterocycles. The second-order valence-corrected chi connectivity index (χ2v) is 4.57. The fourth-order valence-electron chi connectivity index (χ4n) is 1.94. The molecule has 0 atom stereocenters. The van der Waals surface area contributed by atoms with Crippen LogP contribution in [-0.4, -0.2) is 12.1 Å². The van der Waals surface area contributed by atoms with Crippen molar-refractivity contribution in [3.05, 3.63) is 58.8 Å². The molecule has 1 aromatic carbocycles. The molecule has 0 saturated carbocycles. The molecule has 102 valence electrons. The zero-order valence-corrected chi connectivity index (χ0v) is 11.7. The first kappa shape index (κ1) is 14.0. The number of aryl methyl sites for hydroxylation is 1. The van der Waals surface area contributed by atoms with Gasteiger partial charge in [-0.05, 0) is 35.7 Å².